The van der Waals surface area contributed by atoms with E-state index in [0.29, 0.717) is 12.8 Å². The number of benzene rings is 1. The molecule has 0 saturated heterocycles. The normalized spacial score (nSPS) is 12.8. The standard InChI is InChI=1S/C13H18O2/c1-10(2)12(14)8-9-13(15)11-6-4-3-5-7-11/h3-7,10,12,14H,8-9H2,1-2H3. The molecular weight excluding hydrogens is 188 g/mol. The van der Waals surface area contributed by atoms with E-state index in [4.69, 9.17) is 0 Å². The molecule has 2 heteroatoms. The largest absolute Gasteiger partial charge is 0.393 e. The number of hydrogen-bond donors (Lipinski definition) is 1. The topological polar surface area (TPSA) is 37.3 Å². The predicted molar refractivity (Wildman–Crippen MR) is 60.9 cm³/mol. The third-order valence-electron chi connectivity index (χ3n) is 2.53. The van der Waals surface area contributed by atoms with Gasteiger partial charge in [-0.05, 0) is 12.3 Å². The number of ketones is 1. The fourth-order valence-corrected chi connectivity index (χ4v) is 1.38. The van der Waals surface area contributed by atoms with Crippen molar-refractivity contribution in [2.45, 2.75) is 32.8 Å². The van der Waals surface area contributed by atoms with Crippen molar-refractivity contribution in [3.05, 3.63) is 35.9 Å². The van der Waals surface area contributed by atoms with E-state index in [2.05, 4.69) is 0 Å². The molecule has 0 aliphatic carbocycles. The van der Waals surface area contributed by atoms with Gasteiger partial charge in [0.25, 0.3) is 0 Å². The fraction of sp³-hybridized carbons (Fsp3) is 0.462. The minimum Gasteiger partial charge on any atom is -0.393 e. The number of hydrogen-bond acceptors (Lipinski definition) is 2. The Balaban J connectivity index is 2.44. The number of rotatable bonds is 5. The molecule has 0 aromatic heterocycles. The molecule has 0 saturated carbocycles. The summed E-state index contributed by atoms with van der Waals surface area (Å²) >= 11 is 0. The van der Waals surface area contributed by atoms with Crippen LogP contribution in [0.25, 0.3) is 0 Å². The van der Waals surface area contributed by atoms with Crippen LogP contribution in [0.4, 0.5) is 0 Å². The number of Topliss-reactive ketones (excluding diaryl/α,β-unsaturated/α-hetero) is 1. The molecule has 1 aromatic carbocycles. The molecule has 0 amide bonds. The lowest BCUT2D eigenvalue weighted by atomic mass is 9.99. The summed E-state index contributed by atoms with van der Waals surface area (Å²) in [6.45, 7) is 3.91. The Morgan fingerprint density at radius 1 is 1.27 bits per heavy atom. The molecule has 1 atom stereocenters. The maximum atomic E-state index is 11.7. The molecule has 0 fully saturated rings. The van der Waals surface area contributed by atoms with E-state index in [-0.39, 0.29) is 17.8 Å². The average Bonchev–Trinajstić information content (AvgIpc) is 2.26. The molecular formula is C13H18O2. The van der Waals surface area contributed by atoms with Crippen LogP contribution < -0.4 is 0 Å². The molecule has 1 unspecified atom stereocenters. The maximum absolute atomic E-state index is 11.7. The highest BCUT2D eigenvalue weighted by Crippen LogP contribution is 2.11. The summed E-state index contributed by atoms with van der Waals surface area (Å²) in [5, 5.41) is 9.57. The number of carbonyl (C=O) groups excluding carboxylic acids is 1. The summed E-state index contributed by atoms with van der Waals surface area (Å²) in [5.41, 5.74) is 0.730. The summed E-state index contributed by atoms with van der Waals surface area (Å²) in [5.74, 6) is 0.323. The van der Waals surface area contributed by atoms with Gasteiger partial charge in [-0.1, -0.05) is 44.2 Å². The second-order valence-corrected chi connectivity index (χ2v) is 4.14. The van der Waals surface area contributed by atoms with E-state index < -0.39 is 0 Å². The van der Waals surface area contributed by atoms with Crippen molar-refractivity contribution in [2.75, 3.05) is 0 Å². The van der Waals surface area contributed by atoms with E-state index in [1.807, 2.05) is 44.2 Å². The predicted octanol–water partition coefficient (Wildman–Crippen LogP) is 2.67. The van der Waals surface area contributed by atoms with Crippen LogP contribution in [0.1, 0.15) is 37.0 Å². The summed E-state index contributed by atoms with van der Waals surface area (Å²) in [7, 11) is 0. The highest BCUT2D eigenvalue weighted by Gasteiger charge is 2.12. The van der Waals surface area contributed by atoms with Gasteiger partial charge in [0.2, 0.25) is 0 Å². The summed E-state index contributed by atoms with van der Waals surface area (Å²) in [4.78, 5) is 11.7. The van der Waals surface area contributed by atoms with Gasteiger partial charge in [-0.15, -0.1) is 0 Å². The molecule has 0 radical (unpaired) electrons. The second-order valence-electron chi connectivity index (χ2n) is 4.14. The average molecular weight is 206 g/mol. The Morgan fingerprint density at radius 3 is 2.40 bits per heavy atom. The van der Waals surface area contributed by atoms with E-state index in [9.17, 15) is 9.90 Å². The van der Waals surface area contributed by atoms with Gasteiger partial charge in [0, 0.05) is 12.0 Å². The molecule has 0 bridgehead atoms. The Kier molecular flexibility index (Phi) is 4.50. The number of carbonyl (C=O) groups is 1. The van der Waals surface area contributed by atoms with Crippen molar-refractivity contribution >= 4 is 5.78 Å². The van der Waals surface area contributed by atoms with Crippen LogP contribution in [0, 0.1) is 5.92 Å². The van der Waals surface area contributed by atoms with Crippen molar-refractivity contribution in [3.8, 4) is 0 Å². The molecule has 1 rings (SSSR count). The highest BCUT2D eigenvalue weighted by atomic mass is 16.3. The first kappa shape index (κ1) is 11.9. The molecule has 1 aromatic rings. The molecule has 1 N–H and O–H groups in total. The lowest BCUT2D eigenvalue weighted by Gasteiger charge is -2.13. The van der Waals surface area contributed by atoms with Crippen molar-refractivity contribution < 1.29 is 9.90 Å². The minimum atomic E-state index is -0.377. The van der Waals surface area contributed by atoms with Crippen molar-refractivity contribution in [3.63, 3.8) is 0 Å². The van der Waals surface area contributed by atoms with Gasteiger partial charge in [0.15, 0.2) is 5.78 Å². The summed E-state index contributed by atoms with van der Waals surface area (Å²) < 4.78 is 0. The molecule has 2 nitrogen and oxygen atoms in total. The van der Waals surface area contributed by atoms with Gasteiger partial charge >= 0.3 is 0 Å². The fourth-order valence-electron chi connectivity index (χ4n) is 1.38. The van der Waals surface area contributed by atoms with Gasteiger partial charge in [0.05, 0.1) is 6.10 Å². The van der Waals surface area contributed by atoms with Gasteiger partial charge in [-0.3, -0.25) is 4.79 Å². The first-order valence-electron chi connectivity index (χ1n) is 5.37. The van der Waals surface area contributed by atoms with Crippen LogP contribution in [-0.4, -0.2) is 17.0 Å². The van der Waals surface area contributed by atoms with E-state index >= 15 is 0 Å². The smallest absolute Gasteiger partial charge is 0.162 e. The zero-order valence-corrected chi connectivity index (χ0v) is 9.31. The van der Waals surface area contributed by atoms with E-state index in [1.165, 1.54) is 0 Å². The van der Waals surface area contributed by atoms with Crippen molar-refractivity contribution in [1.29, 1.82) is 0 Å². The molecule has 0 heterocycles. The van der Waals surface area contributed by atoms with Crippen molar-refractivity contribution in [2.24, 2.45) is 5.92 Å². The van der Waals surface area contributed by atoms with Crippen LogP contribution in [0.2, 0.25) is 0 Å². The van der Waals surface area contributed by atoms with Gasteiger partial charge in [-0.25, -0.2) is 0 Å². The molecule has 82 valence electrons. The van der Waals surface area contributed by atoms with Gasteiger partial charge in [0.1, 0.15) is 0 Å². The minimum absolute atomic E-state index is 0.107. The summed E-state index contributed by atoms with van der Waals surface area (Å²) in [6, 6.07) is 9.21. The molecule has 0 spiro atoms. The van der Waals surface area contributed by atoms with Crippen LogP contribution in [0.3, 0.4) is 0 Å². The Hall–Kier alpha value is -1.15. The molecule has 15 heavy (non-hydrogen) atoms. The van der Waals surface area contributed by atoms with Crippen LogP contribution >= 0.6 is 0 Å². The SMILES string of the molecule is CC(C)C(O)CCC(=O)c1ccccc1. The first-order chi connectivity index (χ1) is 7.11. The second kappa shape index (κ2) is 5.66. The lowest BCUT2D eigenvalue weighted by Crippen LogP contribution is -2.16. The first-order valence-corrected chi connectivity index (χ1v) is 5.37. The quantitative estimate of drug-likeness (QED) is 0.752. The number of aliphatic hydroxyl groups is 1. The van der Waals surface area contributed by atoms with E-state index in [0.717, 1.165) is 5.56 Å². The van der Waals surface area contributed by atoms with Crippen LogP contribution in [0.15, 0.2) is 30.3 Å². The van der Waals surface area contributed by atoms with Gasteiger partial charge < -0.3 is 5.11 Å². The Labute approximate surface area is 90.9 Å². The van der Waals surface area contributed by atoms with Gasteiger partial charge in [-0.2, -0.15) is 0 Å². The third kappa shape index (κ3) is 3.84. The van der Waals surface area contributed by atoms with Crippen LogP contribution in [0.5, 0.6) is 0 Å². The third-order valence-corrected chi connectivity index (χ3v) is 2.53. The molecule has 0 aliphatic heterocycles. The maximum Gasteiger partial charge on any atom is 0.162 e. The Bertz CT molecular complexity index is 304. The van der Waals surface area contributed by atoms with Crippen molar-refractivity contribution in [1.82, 2.24) is 0 Å². The zero-order chi connectivity index (χ0) is 11.3. The highest BCUT2D eigenvalue weighted by molar-refractivity contribution is 5.95. The summed E-state index contributed by atoms with van der Waals surface area (Å²) in [6.07, 6.45) is 0.590. The monoisotopic (exact) mass is 206 g/mol. The number of aliphatic hydroxyl groups excluding tert-OH is 1. The van der Waals surface area contributed by atoms with E-state index in [1.54, 1.807) is 0 Å². The zero-order valence-electron chi connectivity index (χ0n) is 9.31. The van der Waals surface area contributed by atoms with Crippen LogP contribution in [-0.2, 0) is 0 Å². The lowest BCUT2D eigenvalue weighted by molar-refractivity contribution is 0.0880. The molecule has 0 aliphatic rings. The Morgan fingerprint density at radius 2 is 1.87 bits per heavy atom.